The molecule has 0 aliphatic heterocycles. The van der Waals surface area contributed by atoms with Crippen molar-refractivity contribution in [3.8, 4) is 17.1 Å². The number of carboxylic acids is 1. The summed E-state index contributed by atoms with van der Waals surface area (Å²) in [4.78, 5) is 20.7. The average molecular weight is 497 g/mol. The first-order chi connectivity index (χ1) is 16.7. The number of benzene rings is 2. The van der Waals surface area contributed by atoms with Crippen LogP contribution in [0.3, 0.4) is 0 Å². The van der Waals surface area contributed by atoms with Crippen molar-refractivity contribution in [1.29, 1.82) is 0 Å². The molecule has 2 aromatic carbocycles. The van der Waals surface area contributed by atoms with Crippen LogP contribution in [0.15, 0.2) is 53.4 Å². The predicted octanol–water partition coefficient (Wildman–Crippen LogP) is 4.61. The summed E-state index contributed by atoms with van der Waals surface area (Å²) in [5, 5.41) is 12.5. The lowest BCUT2D eigenvalue weighted by Crippen LogP contribution is -2.33. The van der Waals surface area contributed by atoms with E-state index in [1.165, 1.54) is 12.1 Å². The van der Waals surface area contributed by atoms with Gasteiger partial charge < -0.3 is 19.7 Å². The molecule has 0 bridgehead atoms. The molecular formula is C26H32N4O4S. The SMILES string of the molecule is CNC(COc1cc(-c2c(C)cccc2C)nc(N[S+]([O-])c2cccc(C(=O)O)c2)n1)CC(C)C. The van der Waals surface area contributed by atoms with Gasteiger partial charge in [-0.1, -0.05) is 38.1 Å². The Morgan fingerprint density at radius 1 is 1.11 bits per heavy atom. The summed E-state index contributed by atoms with van der Waals surface area (Å²) in [6.07, 6.45) is 0.945. The van der Waals surface area contributed by atoms with Gasteiger partial charge in [-0.2, -0.15) is 9.71 Å². The fraction of sp³-hybridized carbons (Fsp3) is 0.346. The van der Waals surface area contributed by atoms with Crippen molar-refractivity contribution in [2.24, 2.45) is 5.92 Å². The molecule has 0 fully saturated rings. The number of ether oxygens (including phenoxy) is 1. The summed E-state index contributed by atoms with van der Waals surface area (Å²) >= 11 is -1.77. The first-order valence-electron chi connectivity index (χ1n) is 11.5. The number of carbonyl (C=O) groups is 1. The van der Waals surface area contributed by atoms with Crippen LogP contribution in [0.2, 0.25) is 0 Å². The van der Waals surface area contributed by atoms with E-state index in [9.17, 15) is 14.5 Å². The molecule has 0 saturated carbocycles. The number of aromatic carboxylic acids is 1. The number of hydrogen-bond donors (Lipinski definition) is 3. The van der Waals surface area contributed by atoms with Gasteiger partial charge in [-0.05, 0) is 56.5 Å². The highest BCUT2D eigenvalue weighted by molar-refractivity contribution is 7.92. The number of carboxylic acid groups (broad SMARTS) is 1. The Labute approximate surface area is 209 Å². The first kappa shape index (κ1) is 26.5. The van der Waals surface area contributed by atoms with E-state index in [-0.39, 0.29) is 17.6 Å². The quantitative estimate of drug-likeness (QED) is 0.329. The van der Waals surface area contributed by atoms with Crippen LogP contribution >= 0.6 is 0 Å². The maximum atomic E-state index is 13.0. The smallest absolute Gasteiger partial charge is 0.335 e. The molecule has 8 nitrogen and oxygen atoms in total. The number of nitrogens with one attached hydrogen (secondary N) is 2. The topological polar surface area (TPSA) is 119 Å². The second kappa shape index (κ2) is 12.0. The largest absolute Gasteiger partial charge is 0.588 e. The molecule has 186 valence electrons. The number of anilines is 1. The van der Waals surface area contributed by atoms with Crippen LogP contribution in [0.25, 0.3) is 11.3 Å². The molecule has 0 saturated heterocycles. The van der Waals surface area contributed by atoms with E-state index in [0.717, 1.165) is 23.1 Å². The van der Waals surface area contributed by atoms with Crippen LogP contribution in [0.5, 0.6) is 5.88 Å². The molecule has 9 heteroatoms. The van der Waals surface area contributed by atoms with Crippen molar-refractivity contribution in [2.45, 2.75) is 45.1 Å². The third kappa shape index (κ3) is 7.17. The number of rotatable bonds is 11. The van der Waals surface area contributed by atoms with Gasteiger partial charge in [-0.25, -0.2) is 9.78 Å². The Kier molecular flexibility index (Phi) is 9.08. The van der Waals surface area contributed by atoms with Gasteiger partial charge in [0.2, 0.25) is 5.88 Å². The molecule has 1 aromatic heterocycles. The van der Waals surface area contributed by atoms with Gasteiger partial charge in [-0.15, -0.1) is 0 Å². The average Bonchev–Trinajstić information content (AvgIpc) is 2.81. The van der Waals surface area contributed by atoms with Crippen molar-refractivity contribution in [2.75, 3.05) is 18.4 Å². The summed E-state index contributed by atoms with van der Waals surface area (Å²) in [5.74, 6) is -0.0920. The maximum Gasteiger partial charge on any atom is 0.335 e. The highest BCUT2D eigenvalue weighted by Crippen LogP contribution is 2.29. The van der Waals surface area contributed by atoms with Gasteiger partial charge in [0, 0.05) is 23.7 Å². The third-order valence-corrected chi connectivity index (χ3v) is 6.57. The van der Waals surface area contributed by atoms with E-state index in [2.05, 4.69) is 33.9 Å². The van der Waals surface area contributed by atoms with Gasteiger partial charge in [-0.3, -0.25) is 0 Å². The van der Waals surface area contributed by atoms with Gasteiger partial charge in [0.15, 0.2) is 4.90 Å². The van der Waals surface area contributed by atoms with Crippen LogP contribution < -0.4 is 14.8 Å². The molecule has 3 rings (SSSR count). The monoisotopic (exact) mass is 496 g/mol. The molecule has 0 aliphatic carbocycles. The molecule has 1 heterocycles. The Balaban J connectivity index is 1.94. The number of aryl methyl sites for hydroxylation is 2. The van der Waals surface area contributed by atoms with Gasteiger partial charge in [0.1, 0.15) is 18.0 Å². The lowest BCUT2D eigenvalue weighted by molar-refractivity contribution is 0.0696. The molecule has 0 aliphatic rings. The number of likely N-dealkylation sites (N-methyl/N-ethyl adjacent to an activating group) is 1. The van der Waals surface area contributed by atoms with E-state index >= 15 is 0 Å². The van der Waals surface area contributed by atoms with E-state index in [0.29, 0.717) is 29.0 Å². The van der Waals surface area contributed by atoms with Crippen LogP contribution in [-0.4, -0.2) is 45.3 Å². The molecule has 2 unspecified atom stereocenters. The Bertz CT molecular complexity index is 1150. The first-order valence-corrected chi connectivity index (χ1v) is 12.6. The zero-order valence-electron chi connectivity index (χ0n) is 20.7. The van der Waals surface area contributed by atoms with Crippen molar-refractivity contribution in [3.63, 3.8) is 0 Å². The van der Waals surface area contributed by atoms with Crippen molar-refractivity contribution >= 4 is 23.3 Å². The predicted molar refractivity (Wildman–Crippen MR) is 138 cm³/mol. The Morgan fingerprint density at radius 2 is 1.80 bits per heavy atom. The minimum atomic E-state index is -1.77. The van der Waals surface area contributed by atoms with Crippen LogP contribution in [0.4, 0.5) is 5.95 Å². The highest BCUT2D eigenvalue weighted by Gasteiger charge is 2.19. The van der Waals surface area contributed by atoms with Gasteiger partial charge in [0.05, 0.1) is 11.3 Å². The molecule has 0 amide bonds. The van der Waals surface area contributed by atoms with Gasteiger partial charge >= 0.3 is 5.97 Å². The van der Waals surface area contributed by atoms with Crippen molar-refractivity contribution in [3.05, 3.63) is 65.2 Å². The summed E-state index contributed by atoms with van der Waals surface area (Å²) in [6.45, 7) is 8.75. The molecule has 35 heavy (non-hydrogen) atoms. The summed E-state index contributed by atoms with van der Waals surface area (Å²) in [7, 11) is 1.90. The van der Waals surface area contributed by atoms with E-state index in [1.807, 2.05) is 39.1 Å². The third-order valence-electron chi connectivity index (χ3n) is 5.52. The molecule has 3 aromatic rings. The number of aromatic nitrogens is 2. The van der Waals surface area contributed by atoms with Crippen LogP contribution in [-0.2, 0) is 11.4 Å². The Morgan fingerprint density at radius 3 is 2.43 bits per heavy atom. The van der Waals surface area contributed by atoms with Crippen molar-refractivity contribution < 1.29 is 19.2 Å². The standard InChI is InChI=1S/C26H32N4O4S/c1-16(2)12-20(27-5)15-34-23-14-22(24-17(3)8-6-9-18(24)4)28-26(29-23)30-35(33)21-11-7-10-19(13-21)25(31)32/h6-11,13-14,16,20,27H,12,15H2,1-5H3,(H,31,32)(H,28,29,30). The highest BCUT2D eigenvalue weighted by atomic mass is 32.2. The zero-order valence-corrected chi connectivity index (χ0v) is 21.5. The number of nitrogens with zero attached hydrogens (tertiary/aromatic N) is 2. The molecule has 3 N–H and O–H groups in total. The fourth-order valence-electron chi connectivity index (χ4n) is 3.80. The fourth-order valence-corrected chi connectivity index (χ4v) is 4.61. The lowest BCUT2D eigenvalue weighted by Gasteiger charge is -2.19. The zero-order chi connectivity index (χ0) is 25.5. The molecule has 0 radical (unpaired) electrons. The van der Waals surface area contributed by atoms with E-state index in [1.54, 1.807) is 18.2 Å². The second-order valence-electron chi connectivity index (χ2n) is 8.81. The Hall–Kier alpha value is -3.14. The van der Waals surface area contributed by atoms with Crippen molar-refractivity contribution in [1.82, 2.24) is 15.3 Å². The minimum Gasteiger partial charge on any atom is -0.588 e. The maximum absolute atomic E-state index is 13.0. The second-order valence-corrected chi connectivity index (χ2v) is 10.0. The summed E-state index contributed by atoms with van der Waals surface area (Å²) < 4.78 is 21.9. The lowest BCUT2D eigenvalue weighted by atomic mass is 10.00. The van der Waals surface area contributed by atoms with Crippen LogP contribution in [0, 0.1) is 19.8 Å². The van der Waals surface area contributed by atoms with E-state index in [4.69, 9.17) is 4.74 Å². The van der Waals surface area contributed by atoms with Gasteiger partial charge in [0.25, 0.3) is 5.95 Å². The molecular weight excluding hydrogens is 464 g/mol. The molecule has 0 spiro atoms. The normalized spacial score (nSPS) is 12.9. The van der Waals surface area contributed by atoms with Crippen LogP contribution in [0.1, 0.15) is 41.8 Å². The summed E-state index contributed by atoms with van der Waals surface area (Å²) in [5.41, 5.74) is 3.74. The molecule has 2 atom stereocenters. The van der Waals surface area contributed by atoms with E-state index < -0.39 is 17.3 Å². The summed E-state index contributed by atoms with van der Waals surface area (Å²) in [6, 6.07) is 13.9. The number of hydrogen-bond acceptors (Lipinski definition) is 7. The minimum absolute atomic E-state index is 0.0511.